The van der Waals surface area contributed by atoms with E-state index in [9.17, 15) is 19.2 Å². The number of carbonyl (C=O) groups excluding carboxylic acids is 3. The van der Waals surface area contributed by atoms with E-state index in [1.807, 2.05) is 0 Å². The molecule has 1 aromatic carbocycles. The van der Waals surface area contributed by atoms with Gasteiger partial charge in [0.05, 0.1) is 10.6 Å². The van der Waals surface area contributed by atoms with Crippen LogP contribution in [0, 0.1) is 0 Å². The van der Waals surface area contributed by atoms with Crippen molar-refractivity contribution in [3.05, 3.63) is 52.2 Å². The number of benzene rings is 1. The molecule has 0 fully saturated rings. The van der Waals surface area contributed by atoms with Crippen molar-refractivity contribution in [2.75, 3.05) is 12.4 Å². The number of Topliss-reactive ketones (excluding diaryl/α,β-unsaturated/α-hetero) is 1. The van der Waals surface area contributed by atoms with Crippen LogP contribution in [-0.4, -0.2) is 52.5 Å². The summed E-state index contributed by atoms with van der Waals surface area (Å²) >= 11 is 1.17. The zero-order chi connectivity index (χ0) is 18.8. The van der Waals surface area contributed by atoms with Gasteiger partial charge in [0.15, 0.2) is 5.84 Å². The lowest BCUT2D eigenvalue weighted by Crippen LogP contribution is -2.50. The van der Waals surface area contributed by atoms with Gasteiger partial charge in [0.1, 0.15) is 0 Å². The highest BCUT2D eigenvalue weighted by Crippen LogP contribution is 2.27. The van der Waals surface area contributed by atoms with Crippen LogP contribution in [-0.2, 0) is 14.4 Å². The number of amides is 2. The molecule has 2 N–H and O–H groups in total. The van der Waals surface area contributed by atoms with Crippen molar-refractivity contribution in [2.24, 2.45) is 4.99 Å². The molecule has 1 atom stereocenters. The largest absolute Gasteiger partial charge is 0.479 e. The summed E-state index contributed by atoms with van der Waals surface area (Å²) in [5.41, 5.74) is 0.819. The number of hydrogen-bond donors (Lipinski definition) is 2. The first-order valence-electron chi connectivity index (χ1n) is 7.47. The molecule has 1 aliphatic heterocycles. The van der Waals surface area contributed by atoms with Gasteiger partial charge in [0, 0.05) is 12.6 Å². The number of carbonyl (C=O) groups is 4. The molecule has 2 aromatic rings. The number of anilines is 1. The molecule has 0 aliphatic carbocycles. The monoisotopic (exact) mass is 371 g/mol. The summed E-state index contributed by atoms with van der Waals surface area (Å²) < 4.78 is 0. The first kappa shape index (κ1) is 17.5. The molecular formula is C17H13N3O5S. The van der Waals surface area contributed by atoms with E-state index in [0.29, 0.717) is 16.1 Å². The van der Waals surface area contributed by atoms with Crippen LogP contribution in [0.3, 0.4) is 0 Å². The Bertz CT molecular complexity index is 935. The lowest BCUT2D eigenvalue weighted by Gasteiger charge is -2.25. The molecule has 1 unspecified atom stereocenters. The SMILES string of the molecule is CN1C(=O)C(=O)C(C(=O)O)N=C1c1sccc1NC(=O)c1ccccc1. The number of nitrogens with zero attached hydrogens (tertiary/aromatic N) is 2. The van der Waals surface area contributed by atoms with E-state index >= 15 is 0 Å². The molecule has 1 aliphatic rings. The Morgan fingerprint density at radius 1 is 1.19 bits per heavy atom. The third-order valence-corrected chi connectivity index (χ3v) is 4.63. The maximum atomic E-state index is 12.3. The second kappa shape index (κ2) is 6.89. The minimum absolute atomic E-state index is 0.0281. The van der Waals surface area contributed by atoms with Crippen LogP contribution < -0.4 is 5.32 Å². The number of nitrogens with one attached hydrogen (secondary N) is 1. The minimum atomic E-state index is -1.78. The molecule has 26 heavy (non-hydrogen) atoms. The topological polar surface area (TPSA) is 116 Å². The molecule has 8 nitrogen and oxygen atoms in total. The second-order valence-electron chi connectivity index (χ2n) is 5.41. The predicted octanol–water partition coefficient (Wildman–Crippen LogP) is 1.24. The highest BCUT2D eigenvalue weighted by atomic mass is 32.1. The molecule has 9 heteroatoms. The Labute approximate surface area is 151 Å². The Kier molecular flexibility index (Phi) is 4.63. The first-order chi connectivity index (χ1) is 12.4. The molecule has 0 saturated heterocycles. The van der Waals surface area contributed by atoms with Crippen LogP contribution in [0.2, 0.25) is 0 Å². The number of rotatable bonds is 4. The van der Waals surface area contributed by atoms with Crippen molar-refractivity contribution in [3.8, 4) is 0 Å². The van der Waals surface area contributed by atoms with Crippen molar-refractivity contribution >= 4 is 46.4 Å². The average Bonchev–Trinajstić information content (AvgIpc) is 3.08. The smallest absolute Gasteiger partial charge is 0.336 e. The van der Waals surface area contributed by atoms with Gasteiger partial charge in [-0.25, -0.2) is 9.79 Å². The summed E-state index contributed by atoms with van der Waals surface area (Å²) in [4.78, 5) is 52.7. The van der Waals surface area contributed by atoms with Crippen LogP contribution in [0.1, 0.15) is 15.2 Å². The lowest BCUT2D eigenvalue weighted by molar-refractivity contribution is -0.149. The molecule has 0 bridgehead atoms. The fraction of sp³-hybridized carbons (Fsp3) is 0.118. The van der Waals surface area contributed by atoms with Gasteiger partial charge in [-0.2, -0.15) is 0 Å². The van der Waals surface area contributed by atoms with Crippen molar-refractivity contribution in [3.63, 3.8) is 0 Å². The third-order valence-electron chi connectivity index (χ3n) is 3.72. The van der Waals surface area contributed by atoms with Gasteiger partial charge in [-0.05, 0) is 23.6 Å². The van der Waals surface area contributed by atoms with Gasteiger partial charge in [0.2, 0.25) is 6.04 Å². The van der Waals surface area contributed by atoms with Crippen LogP contribution >= 0.6 is 11.3 Å². The number of amidine groups is 1. The van der Waals surface area contributed by atoms with Gasteiger partial charge in [-0.15, -0.1) is 11.3 Å². The van der Waals surface area contributed by atoms with E-state index < -0.39 is 23.7 Å². The number of aliphatic imine (C=N–C) groups is 1. The fourth-order valence-electron chi connectivity index (χ4n) is 2.39. The Hall–Kier alpha value is -3.33. The Morgan fingerprint density at radius 2 is 1.88 bits per heavy atom. The van der Waals surface area contributed by atoms with Crippen LogP contribution in [0.25, 0.3) is 0 Å². The van der Waals surface area contributed by atoms with E-state index in [1.165, 1.54) is 18.4 Å². The minimum Gasteiger partial charge on any atom is -0.479 e. The van der Waals surface area contributed by atoms with Gasteiger partial charge in [0.25, 0.3) is 17.6 Å². The number of hydrogen-bond acceptors (Lipinski definition) is 6. The maximum Gasteiger partial charge on any atom is 0.336 e. The number of likely N-dealkylation sites (N-methyl/N-ethyl adjacent to an activating group) is 1. The standard InChI is InChI=1S/C17H13N3O5S/c1-20-14(19-11(17(24)25)12(21)16(20)23)13-10(7-8-26-13)18-15(22)9-5-3-2-4-6-9/h2-8,11H,1H3,(H,18,22)(H,24,25). The molecule has 0 radical (unpaired) electrons. The molecule has 3 rings (SSSR count). The predicted molar refractivity (Wildman–Crippen MR) is 94.5 cm³/mol. The number of ketones is 1. The Morgan fingerprint density at radius 3 is 2.54 bits per heavy atom. The lowest BCUT2D eigenvalue weighted by atomic mass is 10.1. The summed E-state index contributed by atoms with van der Waals surface area (Å²) in [6.07, 6.45) is 0. The van der Waals surface area contributed by atoms with Crippen molar-refractivity contribution in [1.29, 1.82) is 0 Å². The van der Waals surface area contributed by atoms with E-state index in [2.05, 4.69) is 10.3 Å². The molecule has 0 saturated carbocycles. The van der Waals surface area contributed by atoms with Crippen LogP contribution in [0.4, 0.5) is 5.69 Å². The summed E-state index contributed by atoms with van der Waals surface area (Å²) in [5, 5.41) is 13.5. The molecule has 1 aromatic heterocycles. The highest BCUT2D eigenvalue weighted by Gasteiger charge is 2.40. The van der Waals surface area contributed by atoms with Crippen LogP contribution in [0.5, 0.6) is 0 Å². The zero-order valence-corrected chi connectivity index (χ0v) is 14.3. The number of carboxylic acids is 1. The van der Waals surface area contributed by atoms with E-state index in [1.54, 1.807) is 41.8 Å². The zero-order valence-electron chi connectivity index (χ0n) is 13.5. The van der Waals surface area contributed by atoms with E-state index in [4.69, 9.17) is 5.11 Å². The summed E-state index contributed by atoms with van der Waals surface area (Å²) in [6, 6.07) is 8.37. The van der Waals surface area contributed by atoms with E-state index in [0.717, 1.165) is 4.90 Å². The van der Waals surface area contributed by atoms with Gasteiger partial charge in [-0.1, -0.05) is 18.2 Å². The third kappa shape index (κ3) is 3.11. The molecule has 0 spiro atoms. The van der Waals surface area contributed by atoms with Gasteiger partial charge < -0.3 is 10.4 Å². The van der Waals surface area contributed by atoms with Crippen LogP contribution in [0.15, 0.2) is 46.8 Å². The second-order valence-corrected chi connectivity index (χ2v) is 6.32. The number of aliphatic carboxylic acids is 1. The molecule has 132 valence electrons. The van der Waals surface area contributed by atoms with E-state index in [-0.39, 0.29) is 11.7 Å². The summed E-state index contributed by atoms with van der Waals surface area (Å²) in [6.45, 7) is 0. The summed E-state index contributed by atoms with van der Waals surface area (Å²) in [5.74, 6) is -3.89. The highest BCUT2D eigenvalue weighted by molar-refractivity contribution is 7.12. The Balaban J connectivity index is 1.95. The molecule has 2 amide bonds. The molecular weight excluding hydrogens is 358 g/mol. The number of thiophene rings is 1. The molecule has 2 heterocycles. The first-order valence-corrected chi connectivity index (χ1v) is 8.35. The van der Waals surface area contributed by atoms with Gasteiger partial charge >= 0.3 is 5.97 Å². The average molecular weight is 371 g/mol. The quantitative estimate of drug-likeness (QED) is 0.620. The van der Waals surface area contributed by atoms with Crippen molar-refractivity contribution in [1.82, 2.24) is 4.90 Å². The number of carboxylic acid groups (broad SMARTS) is 1. The maximum absolute atomic E-state index is 12.3. The summed E-state index contributed by atoms with van der Waals surface area (Å²) in [7, 11) is 1.33. The van der Waals surface area contributed by atoms with Crippen molar-refractivity contribution < 1.29 is 24.3 Å². The van der Waals surface area contributed by atoms with Crippen molar-refractivity contribution in [2.45, 2.75) is 6.04 Å². The van der Waals surface area contributed by atoms with Gasteiger partial charge in [-0.3, -0.25) is 19.3 Å². The fourth-order valence-corrected chi connectivity index (χ4v) is 3.27. The normalized spacial score (nSPS) is 17.0.